The van der Waals surface area contributed by atoms with Gasteiger partial charge in [-0.3, -0.25) is 9.69 Å². The summed E-state index contributed by atoms with van der Waals surface area (Å²) in [5, 5.41) is 10.7. The van der Waals surface area contributed by atoms with Crippen LogP contribution in [0.4, 0.5) is 0 Å². The number of carboxylic acid groups (broad SMARTS) is 1. The lowest BCUT2D eigenvalue weighted by Gasteiger charge is -2.16. The molecule has 27 heavy (non-hydrogen) atoms. The van der Waals surface area contributed by atoms with Gasteiger partial charge in [0.05, 0.1) is 18.7 Å². The van der Waals surface area contributed by atoms with E-state index in [2.05, 4.69) is 4.90 Å². The molecule has 1 N–H and O–H groups in total. The van der Waals surface area contributed by atoms with Crippen LogP contribution in [0.3, 0.4) is 0 Å². The topological polar surface area (TPSA) is 62.7 Å². The number of methoxy groups -OCH3 is 1. The van der Waals surface area contributed by atoms with E-state index in [-0.39, 0.29) is 5.92 Å². The van der Waals surface area contributed by atoms with E-state index in [0.29, 0.717) is 19.6 Å². The molecule has 3 aromatic rings. The molecule has 1 fully saturated rings. The number of carboxylic acids is 1. The van der Waals surface area contributed by atoms with E-state index in [9.17, 15) is 9.90 Å². The van der Waals surface area contributed by atoms with Crippen molar-refractivity contribution in [3.63, 3.8) is 0 Å². The van der Waals surface area contributed by atoms with E-state index in [1.165, 1.54) is 0 Å². The molecule has 5 heteroatoms. The van der Waals surface area contributed by atoms with Crippen LogP contribution in [0.15, 0.2) is 60.7 Å². The van der Waals surface area contributed by atoms with E-state index in [0.717, 1.165) is 27.9 Å². The van der Waals surface area contributed by atoms with Crippen LogP contribution >= 0.6 is 0 Å². The Kier molecular flexibility index (Phi) is 4.77. The normalized spacial score (nSPS) is 20.0. The van der Waals surface area contributed by atoms with Gasteiger partial charge in [-0.1, -0.05) is 48.5 Å². The highest BCUT2D eigenvalue weighted by molar-refractivity contribution is 5.84. The van der Waals surface area contributed by atoms with E-state index in [4.69, 9.17) is 9.72 Å². The zero-order valence-corrected chi connectivity index (χ0v) is 15.2. The van der Waals surface area contributed by atoms with E-state index in [1.807, 2.05) is 60.7 Å². The Bertz CT molecular complexity index is 958. The molecule has 0 amide bonds. The first-order valence-electron chi connectivity index (χ1n) is 9.08. The largest absolute Gasteiger partial charge is 0.494 e. The Morgan fingerprint density at radius 3 is 2.67 bits per heavy atom. The van der Waals surface area contributed by atoms with Gasteiger partial charge in [0, 0.05) is 30.9 Å². The summed E-state index contributed by atoms with van der Waals surface area (Å²) in [4.78, 5) is 18.7. The van der Waals surface area contributed by atoms with Gasteiger partial charge in [-0.15, -0.1) is 0 Å². The van der Waals surface area contributed by atoms with E-state index in [1.54, 1.807) is 7.11 Å². The Morgan fingerprint density at radius 1 is 1.11 bits per heavy atom. The average molecular weight is 362 g/mol. The molecule has 1 aromatic heterocycles. The molecule has 1 aliphatic heterocycles. The molecule has 1 saturated heterocycles. The molecule has 0 saturated carbocycles. The summed E-state index contributed by atoms with van der Waals surface area (Å²) in [5.74, 6) is -0.387. The smallest absolute Gasteiger partial charge is 0.308 e. The van der Waals surface area contributed by atoms with Crippen LogP contribution in [0.1, 0.15) is 17.2 Å². The Hall–Kier alpha value is -2.92. The van der Waals surface area contributed by atoms with Crippen LogP contribution in [0.2, 0.25) is 0 Å². The third kappa shape index (κ3) is 3.51. The van der Waals surface area contributed by atoms with Crippen molar-refractivity contribution in [3.8, 4) is 5.75 Å². The van der Waals surface area contributed by atoms with Crippen LogP contribution in [-0.4, -0.2) is 41.2 Å². The molecular formula is C22H22N2O3. The average Bonchev–Trinajstić information content (AvgIpc) is 3.12. The number of benzene rings is 2. The summed E-state index contributed by atoms with van der Waals surface area (Å²) in [6.45, 7) is 1.87. The molecule has 0 bridgehead atoms. The lowest BCUT2D eigenvalue weighted by molar-refractivity contribution is -0.141. The fourth-order valence-electron chi connectivity index (χ4n) is 3.94. The minimum Gasteiger partial charge on any atom is -0.494 e. The number of fused-ring (bicyclic) bond motifs is 1. The SMILES string of the molecule is COc1cccc2ccc(CN3C[C@@H](C(=O)O)[C@H](c4ccccc4)C3)nc12. The number of rotatable bonds is 5. The van der Waals surface area contributed by atoms with Crippen molar-refractivity contribution in [2.24, 2.45) is 5.92 Å². The monoisotopic (exact) mass is 362 g/mol. The molecule has 2 atom stereocenters. The quantitative estimate of drug-likeness (QED) is 0.752. The highest BCUT2D eigenvalue weighted by Gasteiger charge is 2.38. The number of aliphatic carboxylic acids is 1. The molecule has 0 unspecified atom stereocenters. The van der Waals surface area contributed by atoms with Gasteiger partial charge in [-0.2, -0.15) is 0 Å². The maximum Gasteiger partial charge on any atom is 0.308 e. The Labute approximate surface area is 158 Å². The van der Waals surface area contributed by atoms with Gasteiger partial charge >= 0.3 is 5.97 Å². The number of ether oxygens (including phenoxy) is 1. The molecule has 4 rings (SSSR count). The van der Waals surface area contributed by atoms with Crippen LogP contribution in [-0.2, 0) is 11.3 Å². The lowest BCUT2D eigenvalue weighted by Crippen LogP contribution is -2.23. The number of pyridine rings is 1. The van der Waals surface area contributed by atoms with E-state index < -0.39 is 11.9 Å². The summed E-state index contributed by atoms with van der Waals surface area (Å²) < 4.78 is 5.42. The van der Waals surface area contributed by atoms with Crippen molar-refractivity contribution < 1.29 is 14.6 Å². The summed E-state index contributed by atoms with van der Waals surface area (Å²) in [6, 6.07) is 19.8. The number of likely N-dealkylation sites (tertiary alicyclic amines) is 1. The molecule has 0 aliphatic carbocycles. The standard InChI is InChI=1S/C22H22N2O3/c1-27-20-9-5-8-16-10-11-17(23-21(16)20)12-24-13-18(19(14-24)22(25)26)15-6-3-2-4-7-15/h2-11,18-19H,12-14H2,1H3,(H,25,26)/t18-,19+/m0/s1. The van der Waals surface area contributed by atoms with Gasteiger partial charge in [0.15, 0.2) is 0 Å². The maximum absolute atomic E-state index is 11.8. The van der Waals surface area contributed by atoms with Gasteiger partial charge in [0.2, 0.25) is 0 Å². The van der Waals surface area contributed by atoms with Crippen LogP contribution < -0.4 is 4.74 Å². The molecule has 5 nitrogen and oxygen atoms in total. The fraction of sp³-hybridized carbons (Fsp3) is 0.273. The summed E-state index contributed by atoms with van der Waals surface area (Å²) >= 11 is 0. The summed E-state index contributed by atoms with van der Waals surface area (Å²) in [6.07, 6.45) is 0. The highest BCUT2D eigenvalue weighted by Crippen LogP contribution is 2.34. The van der Waals surface area contributed by atoms with Crippen LogP contribution in [0.25, 0.3) is 10.9 Å². The highest BCUT2D eigenvalue weighted by atomic mass is 16.5. The Balaban J connectivity index is 1.58. The number of nitrogens with zero attached hydrogens (tertiary/aromatic N) is 2. The first kappa shape index (κ1) is 17.5. The molecule has 0 radical (unpaired) electrons. The minimum absolute atomic E-state index is 0.00121. The minimum atomic E-state index is -0.737. The van der Waals surface area contributed by atoms with Gasteiger partial charge < -0.3 is 9.84 Å². The molecular weight excluding hydrogens is 340 g/mol. The Morgan fingerprint density at radius 2 is 1.93 bits per heavy atom. The van der Waals surface area contributed by atoms with Gasteiger partial charge in [-0.05, 0) is 17.7 Å². The number of aromatic nitrogens is 1. The third-order valence-corrected chi connectivity index (χ3v) is 5.29. The number of para-hydroxylation sites is 1. The van der Waals surface area contributed by atoms with Gasteiger partial charge in [-0.25, -0.2) is 4.98 Å². The van der Waals surface area contributed by atoms with Crippen molar-refractivity contribution in [2.45, 2.75) is 12.5 Å². The number of carbonyl (C=O) groups is 1. The molecule has 2 heterocycles. The van der Waals surface area contributed by atoms with Crippen molar-refractivity contribution in [2.75, 3.05) is 20.2 Å². The second-order valence-electron chi connectivity index (χ2n) is 6.99. The predicted octanol–water partition coefficient (Wildman–Crippen LogP) is 3.54. The molecule has 138 valence electrons. The lowest BCUT2D eigenvalue weighted by atomic mass is 9.89. The predicted molar refractivity (Wildman–Crippen MR) is 104 cm³/mol. The second kappa shape index (κ2) is 7.37. The zero-order chi connectivity index (χ0) is 18.8. The van der Waals surface area contributed by atoms with Crippen LogP contribution in [0.5, 0.6) is 5.75 Å². The van der Waals surface area contributed by atoms with Crippen molar-refractivity contribution in [1.29, 1.82) is 0 Å². The summed E-state index contributed by atoms with van der Waals surface area (Å²) in [7, 11) is 1.64. The van der Waals surface area contributed by atoms with Crippen molar-refractivity contribution >= 4 is 16.9 Å². The number of hydrogen-bond acceptors (Lipinski definition) is 4. The van der Waals surface area contributed by atoms with Crippen LogP contribution in [0, 0.1) is 5.92 Å². The first-order chi connectivity index (χ1) is 13.2. The van der Waals surface area contributed by atoms with Crippen molar-refractivity contribution in [1.82, 2.24) is 9.88 Å². The fourth-order valence-corrected chi connectivity index (χ4v) is 3.94. The summed E-state index contributed by atoms with van der Waals surface area (Å²) in [5.41, 5.74) is 2.84. The third-order valence-electron chi connectivity index (χ3n) is 5.29. The molecule has 2 aromatic carbocycles. The van der Waals surface area contributed by atoms with Gasteiger partial charge in [0.1, 0.15) is 11.3 Å². The van der Waals surface area contributed by atoms with E-state index >= 15 is 0 Å². The molecule has 1 aliphatic rings. The number of hydrogen-bond donors (Lipinski definition) is 1. The molecule has 0 spiro atoms. The second-order valence-corrected chi connectivity index (χ2v) is 6.99. The maximum atomic E-state index is 11.8. The zero-order valence-electron chi connectivity index (χ0n) is 15.2. The van der Waals surface area contributed by atoms with Crippen molar-refractivity contribution in [3.05, 3.63) is 71.9 Å². The van der Waals surface area contributed by atoms with Gasteiger partial charge in [0.25, 0.3) is 0 Å². The first-order valence-corrected chi connectivity index (χ1v) is 9.08.